The summed E-state index contributed by atoms with van der Waals surface area (Å²) in [6.07, 6.45) is -11.2. The predicted molar refractivity (Wildman–Crippen MR) is 23.2 cm³/mol. The maximum atomic E-state index is 11.2. The summed E-state index contributed by atoms with van der Waals surface area (Å²) in [4.78, 5) is 19.3. The van der Waals surface area contributed by atoms with Crippen LogP contribution in [0, 0.1) is 0 Å². The number of carbonyl (C=O) groups excluding carboxylic acids is 2. The Morgan fingerprint density at radius 1 is 0.800 bits per heavy atom. The summed E-state index contributed by atoms with van der Waals surface area (Å²) in [6.45, 7) is 0. The van der Waals surface area contributed by atoms with Crippen LogP contribution in [0.25, 0.3) is 0 Å². The van der Waals surface area contributed by atoms with Gasteiger partial charge in [0.1, 0.15) is 0 Å². The van der Waals surface area contributed by atoms with Crippen molar-refractivity contribution in [2.45, 2.75) is 12.4 Å². The normalized spacial score (nSPS) is 10.8. The van der Waals surface area contributed by atoms with E-state index in [0.29, 0.717) is 0 Å². The Labute approximate surface area is 118 Å². The van der Waals surface area contributed by atoms with Crippen LogP contribution in [0.4, 0.5) is 26.3 Å². The third-order valence-corrected chi connectivity index (χ3v) is 0.648. The van der Waals surface area contributed by atoms with E-state index in [1.54, 1.807) is 0 Å². The third kappa shape index (κ3) is 8.28. The Balaban J connectivity index is -0.000000720. The zero-order chi connectivity index (χ0) is 10.9. The van der Waals surface area contributed by atoms with Crippen molar-refractivity contribution in [2.24, 2.45) is 0 Å². The first kappa shape index (κ1) is 20.8. The Kier molecular flexibility index (Phi) is 9.59. The minimum atomic E-state index is -5.62. The molecule has 0 saturated heterocycles. The van der Waals surface area contributed by atoms with Crippen molar-refractivity contribution in [2.75, 3.05) is 0 Å². The van der Waals surface area contributed by atoms with Crippen LogP contribution in [0.1, 0.15) is 0 Å². The number of carbonyl (C=O) groups is 2. The first-order valence-electron chi connectivity index (χ1n) is 2.45. The summed E-state index contributed by atoms with van der Waals surface area (Å²) in [5.74, 6) is -6.40. The molecule has 15 heavy (non-hydrogen) atoms. The van der Waals surface area contributed by atoms with E-state index in [-0.39, 0.29) is 53.5 Å². The number of rotatable bonds is 0. The molecule has 3 nitrogen and oxygen atoms in total. The van der Waals surface area contributed by atoms with Crippen LogP contribution in [0.3, 0.4) is 0 Å². The quantitative estimate of drug-likeness (QED) is 0.143. The first-order valence-corrected chi connectivity index (χ1v) is 2.45. The van der Waals surface area contributed by atoms with E-state index < -0.39 is 24.3 Å². The van der Waals surface area contributed by atoms with E-state index in [1.807, 2.05) is 0 Å². The molecule has 0 unspecified atom stereocenters. The molecule has 0 amide bonds. The van der Waals surface area contributed by atoms with E-state index in [1.165, 1.54) is 0 Å². The van der Waals surface area contributed by atoms with E-state index in [9.17, 15) is 35.9 Å². The number of ether oxygens (including phenoxy) is 1. The van der Waals surface area contributed by atoms with Crippen molar-refractivity contribution < 1.29 is 94.2 Å². The summed E-state index contributed by atoms with van der Waals surface area (Å²) in [6, 6.07) is 0. The van der Waals surface area contributed by atoms with Gasteiger partial charge in [-0.05, 0) is 0 Å². The standard InChI is InChI=1S/C4F6O3.HI.Na/c5-3(6,7)1(11)13-2(12)4(8,9)10;;/h;1H;/q;;+1/p-1. The van der Waals surface area contributed by atoms with Crippen LogP contribution < -0.4 is 53.5 Å². The zero-order valence-electron chi connectivity index (χ0n) is 6.87. The molecule has 0 atom stereocenters. The van der Waals surface area contributed by atoms with Crippen molar-refractivity contribution in [1.82, 2.24) is 0 Å². The van der Waals surface area contributed by atoms with Gasteiger partial charge >= 0.3 is 53.8 Å². The topological polar surface area (TPSA) is 43.4 Å². The summed E-state index contributed by atoms with van der Waals surface area (Å²) >= 11 is 0. The van der Waals surface area contributed by atoms with Gasteiger partial charge in [-0.25, -0.2) is 9.59 Å². The van der Waals surface area contributed by atoms with Gasteiger partial charge < -0.3 is 28.7 Å². The minimum Gasteiger partial charge on any atom is -1.00 e. The average Bonchev–Trinajstić information content (AvgIpc) is 1.82. The van der Waals surface area contributed by atoms with Crippen molar-refractivity contribution in [3.05, 3.63) is 0 Å². The van der Waals surface area contributed by atoms with Gasteiger partial charge in [0, 0.05) is 0 Å². The van der Waals surface area contributed by atoms with E-state index in [0.717, 1.165) is 0 Å². The number of halogens is 7. The van der Waals surface area contributed by atoms with E-state index in [2.05, 4.69) is 4.74 Å². The van der Waals surface area contributed by atoms with Crippen molar-refractivity contribution in [1.29, 1.82) is 0 Å². The fourth-order valence-corrected chi connectivity index (χ4v) is 0.200. The molecular formula is C4F6INaO3. The second-order valence-corrected chi connectivity index (χ2v) is 1.67. The molecule has 11 heteroatoms. The van der Waals surface area contributed by atoms with Crippen LogP contribution in [0.2, 0.25) is 0 Å². The molecule has 0 fully saturated rings. The molecular weight excluding hydrogens is 360 g/mol. The number of alkyl halides is 6. The summed E-state index contributed by atoms with van der Waals surface area (Å²) < 4.78 is 69.7. The monoisotopic (exact) mass is 360 g/mol. The van der Waals surface area contributed by atoms with Gasteiger partial charge in [0.25, 0.3) is 0 Å². The minimum absolute atomic E-state index is 0. The molecule has 0 aromatic rings. The molecule has 0 heterocycles. The summed E-state index contributed by atoms with van der Waals surface area (Å²) in [5, 5.41) is 0. The fourth-order valence-electron chi connectivity index (χ4n) is 0.200. The van der Waals surface area contributed by atoms with Crippen molar-refractivity contribution in [3.8, 4) is 0 Å². The SMILES string of the molecule is O=C(OC(=O)C(F)(F)F)C(F)(F)F.[I-].[Na+]. The van der Waals surface area contributed by atoms with Gasteiger partial charge in [-0.1, -0.05) is 0 Å². The zero-order valence-corrected chi connectivity index (χ0v) is 11.0. The molecule has 0 aromatic heterocycles. The first-order chi connectivity index (χ1) is 5.55. The molecule has 84 valence electrons. The van der Waals surface area contributed by atoms with Gasteiger partial charge in [0.15, 0.2) is 0 Å². The van der Waals surface area contributed by atoms with Crippen LogP contribution in [0.15, 0.2) is 0 Å². The Bertz CT molecular complexity index is 212. The molecule has 0 N–H and O–H groups in total. The molecule has 0 aliphatic carbocycles. The molecule has 0 saturated carbocycles. The Hall–Kier alpha value is 0.450. The van der Waals surface area contributed by atoms with Gasteiger partial charge in [-0.15, -0.1) is 0 Å². The molecule has 0 aliphatic heterocycles. The van der Waals surface area contributed by atoms with Crippen molar-refractivity contribution >= 4 is 11.9 Å². The number of hydrogen-bond acceptors (Lipinski definition) is 3. The molecule has 0 rings (SSSR count). The Morgan fingerprint density at radius 2 is 1.00 bits per heavy atom. The van der Waals surface area contributed by atoms with E-state index >= 15 is 0 Å². The second kappa shape index (κ2) is 6.91. The molecule has 0 bridgehead atoms. The summed E-state index contributed by atoms with van der Waals surface area (Å²) in [5.41, 5.74) is 0. The number of hydrogen-bond donors (Lipinski definition) is 0. The number of esters is 2. The van der Waals surface area contributed by atoms with Crippen LogP contribution in [-0.2, 0) is 14.3 Å². The molecule has 0 aromatic carbocycles. The van der Waals surface area contributed by atoms with Crippen molar-refractivity contribution in [3.63, 3.8) is 0 Å². The van der Waals surface area contributed by atoms with Crippen LogP contribution >= 0.6 is 0 Å². The Morgan fingerprint density at radius 3 is 1.13 bits per heavy atom. The van der Waals surface area contributed by atoms with Gasteiger partial charge in [0.05, 0.1) is 0 Å². The fraction of sp³-hybridized carbons (Fsp3) is 0.500. The van der Waals surface area contributed by atoms with Gasteiger partial charge in [0.2, 0.25) is 0 Å². The maximum Gasteiger partial charge on any atom is 1.00 e. The predicted octanol–water partition coefficient (Wildman–Crippen LogP) is -4.81. The molecule has 0 spiro atoms. The van der Waals surface area contributed by atoms with E-state index in [4.69, 9.17) is 0 Å². The maximum absolute atomic E-state index is 11.2. The van der Waals surface area contributed by atoms with Gasteiger partial charge in [-0.2, -0.15) is 26.3 Å². The van der Waals surface area contributed by atoms with Crippen LogP contribution in [0.5, 0.6) is 0 Å². The molecule has 0 aliphatic rings. The smallest absolute Gasteiger partial charge is 1.00 e. The second-order valence-electron chi connectivity index (χ2n) is 1.67. The largest absolute Gasteiger partial charge is 1.00 e. The van der Waals surface area contributed by atoms with Gasteiger partial charge in [-0.3, -0.25) is 0 Å². The van der Waals surface area contributed by atoms with Crippen LogP contribution in [-0.4, -0.2) is 24.3 Å². The summed E-state index contributed by atoms with van der Waals surface area (Å²) in [7, 11) is 0. The third-order valence-electron chi connectivity index (χ3n) is 0.648. The average molecular weight is 360 g/mol. The molecule has 0 radical (unpaired) electrons.